The molecular formula is C27H38F3N3O. The molecule has 0 aliphatic heterocycles. The molecule has 4 aliphatic rings. The summed E-state index contributed by atoms with van der Waals surface area (Å²) >= 11 is 0. The average Bonchev–Trinajstić information content (AvgIpc) is 3.17. The van der Waals surface area contributed by atoms with E-state index in [1.807, 2.05) is 0 Å². The third-order valence-electron chi connectivity index (χ3n) is 10.4. The summed E-state index contributed by atoms with van der Waals surface area (Å²) in [6.07, 6.45) is 6.36. The molecule has 188 valence electrons. The summed E-state index contributed by atoms with van der Waals surface area (Å²) in [6, 6.07) is 4.02. The number of carbonyl (C=O) groups is 1. The molecule has 4 N–H and O–H groups in total. The monoisotopic (exact) mass is 477 g/mol. The first-order valence-electron chi connectivity index (χ1n) is 13.1. The van der Waals surface area contributed by atoms with Gasteiger partial charge < -0.3 is 10.7 Å². The van der Waals surface area contributed by atoms with Crippen molar-refractivity contribution in [1.82, 2.24) is 0 Å². The molecular weight excluding hydrogens is 439 g/mol. The molecule has 4 saturated carbocycles. The van der Waals surface area contributed by atoms with Gasteiger partial charge in [-0.15, -0.1) is 0 Å². The lowest BCUT2D eigenvalue weighted by Crippen LogP contribution is -2.50. The van der Waals surface area contributed by atoms with Crippen LogP contribution in [-0.2, 0) is 4.79 Å². The molecule has 0 amide bonds. The highest BCUT2D eigenvalue weighted by Crippen LogP contribution is 2.64. The molecule has 5 rings (SSSR count). The maximum Gasteiger partial charge on any atom is 0.241 e. The maximum atomic E-state index is 13.7. The van der Waals surface area contributed by atoms with E-state index in [9.17, 15) is 18.0 Å². The van der Waals surface area contributed by atoms with Crippen molar-refractivity contribution >= 4 is 17.2 Å². The highest BCUT2D eigenvalue weighted by molar-refractivity contribution is 5.87. The van der Waals surface area contributed by atoms with Crippen LogP contribution in [0.4, 0.5) is 24.5 Å². The first kappa shape index (κ1) is 24.0. The van der Waals surface area contributed by atoms with Crippen LogP contribution in [0.15, 0.2) is 18.2 Å². The molecule has 0 aromatic heterocycles. The Labute approximate surface area is 200 Å². The number of halogens is 3. The van der Waals surface area contributed by atoms with Gasteiger partial charge in [0.05, 0.1) is 17.9 Å². The summed E-state index contributed by atoms with van der Waals surface area (Å²) < 4.78 is 40.4. The van der Waals surface area contributed by atoms with E-state index in [1.165, 1.54) is 23.2 Å². The molecule has 0 saturated heterocycles. The molecule has 8 unspecified atom stereocenters. The van der Waals surface area contributed by atoms with Gasteiger partial charge in [0, 0.05) is 17.9 Å². The predicted octanol–water partition coefficient (Wildman–Crippen LogP) is 5.81. The van der Waals surface area contributed by atoms with E-state index < -0.39 is 18.2 Å². The molecule has 4 aliphatic carbocycles. The number of nitrogens with zero attached hydrogens (tertiary/aromatic N) is 1. The molecule has 0 radical (unpaired) electrons. The molecule has 8 atom stereocenters. The van der Waals surface area contributed by atoms with Gasteiger partial charge in [-0.1, -0.05) is 6.92 Å². The lowest BCUT2D eigenvalue weighted by molar-refractivity contribution is -0.129. The standard InChI is InChI=1S/C27H38F3N3O/c1-27-11-10-19-18-5-3-16(26(29)30)12-15(18)2-6-20(19)21(27)7-8-22(27)25(34)14-33(32)24-13-17(28)4-9-23(24)31/h4,9,13,15-16,18-22,26H,2-3,5-8,10-12,14,31-32H2,1H3. The first-order chi connectivity index (χ1) is 16.2. The second kappa shape index (κ2) is 9.03. The Balaban J connectivity index is 1.27. The molecule has 4 nitrogen and oxygen atoms in total. The number of hydrazine groups is 1. The number of alkyl halides is 2. The smallest absolute Gasteiger partial charge is 0.241 e. The van der Waals surface area contributed by atoms with Gasteiger partial charge in [0.15, 0.2) is 5.78 Å². The zero-order chi connectivity index (χ0) is 24.2. The number of anilines is 2. The van der Waals surface area contributed by atoms with Gasteiger partial charge in [0.1, 0.15) is 5.82 Å². The summed E-state index contributed by atoms with van der Waals surface area (Å²) in [7, 11) is 0. The fourth-order valence-corrected chi connectivity index (χ4v) is 8.78. The Morgan fingerprint density at radius 2 is 1.85 bits per heavy atom. The van der Waals surface area contributed by atoms with Crippen LogP contribution in [0.25, 0.3) is 0 Å². The van der Waals surface area contributed by atoms with Crippen LogP contribution in [0.3, 0.4) is 0 Å². The van der Waals surface area contributed by atoms with E-state index in [1.54, 1.807) is 0 Å². The second-order valence-electron chi connectivity index (χ2n) is 11.8. The normalized spacial score (nSPS) is 39.3. The fourth-order valence-electron chi connectivity index (χ4n) is 8.78. The number of nitrogens with two attached hydrogens (primary N) is 2. The van der Waals surface area contributed by atoms with Crippen LogP contribution in [0.1, 0.15) is 64.7 Å². The Morgan fingerprint density at radius 1 is 1.09 bits per heavy atom. The minimum atomic E-state index is -2.18. The average molecular weight is 478 g/mol. The van der Waals surface area contributed by atoms with Crippen LogP contribution in [0.5, 0.6) is 0 Å². The number of hydrogen-bond acceptors (Lipinski definition) is 4. The van der Waals surface area contributed by atoms with E-state index in [4.69, 9.17) is 11.6 Å². The second-order valence-corrected chi connectivity index (χ2v) is 11.8. The minimum Gasteiger partial charge on any atom is -0.397 e. The van der Waals surface area contributed by atoms with Crippen molar-refractivity contribution in [3.8, 4) is 0 Å². The van der Waals surface area contributed by atoms with Crippen molar-refractivity contribution in [1.29, 1.82) is 0 Å². The van der Waals surface area contributed by atoms with Crippen LogP contribution in [0.2, 0.25) is 0 Å². The van der Waals surface area contributed by atoms with Crippen LogP contribution < -0.4 is 16.6 Å². The summed E-state index contributed by atoms with van der Waals surface area (Å²) in [5, 5.41) is 1.29. The van der Waals surface area contributed by atoms with Gasteiger partial charge in [0.25, 0.3) is 0 Å². The lowest BCUT2D eigenvalue weighted by Gasteiger charge is -2.56. The number of nitrogen functional groups attached to an aromatic ring is 1. The Kier molecular flexibility index (Phi) is 6.36. The number of fused-ring (bicyclic) bond motifs is 5. The topological polar surface area (TPSA) is 72.3 Å². The zero-order valence-corrected chi connectivity index (χ0v) is 20.1. The number of benzene rings is 1. The van der Waals surface area contributed by atoms with Crippen LogP contribution in [-0.4, -0.2) is 18.8 Å². The number of Topliss-reactive ketones (excluding diaryl/α,β-unsaturated/α-hetero) is 1. The number of ketones is 1. The number of hydrogen-bond donors (Lipinski definition) is 2. The van der Waals surface area contributed by atoms with E-state index in [0.29, 0.717) is 53.8 Å². The zero-order valence-electron chi connectivity index (χ0n) is 20.1. The highest BCUT2D eigenvalue weighted by atomic mass is 19.3. The lowest BCUT2D eigenvalue weighted by atomic mass is 9.49. The van der Waals surface area contributed by atoms with Crippen molar-refractivity contribution in [2.75, 3.05) is 17.3 Å². The van der Waals surface area contributed by atoms with E-state index in [2.05, 4.69) is 6.92 Å². The van der Waals surface area contributed by atoms with Crippen molar-refractivity contribution < 1.29 is 18.0 Å². The maximum absolute atomic E-state index is 13.7. The molecule has 0 spiro atoms. The van der Waals surface area contributed by atoms with Gasteiger partial charge >= 0.3 is 0 Å². The largest absolute Gasteiger partial charge is 0.397 e. The summed E-state index contributed by atoms with van der Waals surface area (Å²) in [5.74, 6) is 8.18. The quantitative estimate of drug-likeness (QED) is 0.319. The Bertz CT molecular complexity index is 926. The molecule has 1 aromatic carbocycles. The Morgan fingerprint density at radius 3 is 2.62 bits per heavy atom. The van der Waals surface area contributed by atoms with E-state index in [-0.39, 0.29) is 23.7 Å². The number of carbonyl (C=O) groups excluding carboxylic acids is 1. The summed E-state index contributed by atoms with van der Waals surface area (Å²) in [6.45, 7) is 2.31. The van der Waals surface area contributed by atoms with Gasteiger partial charge in [-0.05, 0) is 105 Å². The molecule has 1 aromatic rings. The number of rotatable bonds is 5. The van der Waals surface area contributed by atoms with Crippen molar-refractivity contribution in [2.45, 2.75) is 71.1 Å². The van der Waals surface area contributed by atoms with E-state index >= 15 is 0 Å². The fraction of sp³-hybridized carbons (Fsp3) is 0.741. The molecule has 4 fully saturated rings. The molecule has 34 heavy (non-hydrogen) atoms. The third kappa shape index (κ3) is 4.02. The third-order valence-corrected chi connectivity index (χ3v) is 10.4. The van der Waals surface area contributed by atoms with Crippen LogP contribution >= 0.6 is 0 Å². The van der Waals surface area contributed by atoms with Crippen molar-refractivity contribution in [2.24, 2.45) is 52.7 Å². The van der Waals surface area contributed by atoms with Gasteiger partial charge in [0.2, 0.25) is 6.43 Å². The highest BCUT2D eigenvalue weighted by Gasteiger charge is 2.58. The van der Waals surface area contributed by atoms with Gasteiger partial charge in [-0.25, -0.2) is 19.0 Å². The predicted molar refractivity (Wildman–Crippen MR) is 127 cm³/mol. The SMILES string of the molecule is CC12CCC3C4CCC(C(F)F)CC4CCC3C1CCC2C(=O)CN(N)c1cc(F)ccc1N. The molecule has 7 heteroatoms. The van der Waals surface area contributed by atoms with E-state index in [0.717, 1.165) is 44.9 Å². The van der Waals surface area contributed by atoms with Crippen LogP contribution in [0, 0.1) is 52.7 Å². The first-order valence-corrected chi connectivity index (χ1v) is 13.1. The summed E-state index contributed by atoms with van der Waals surface area (Å²) in [4.78, 5) is 13.4. The molecule has 0 bridgehead atoms. The van der Waals surface area contributed by atoms with Crippen molar-refractivity contribution in [3.63, 3.8) is 0 Å². The minimum absolute atomic E-state index is 0.0223. The molecule has 0 heterocycles. The van der Waals surface area contributed by atoms with Gasteiger partial charge in [-0.2, -0.15) is 0 Å². The van der Waals surface area contributed by atoms with Crippen molar-refractivity contribution in [3.05, 3.63) is 24.0 Å². The van der Waals surface area contributed by atoms with Gasteiger partial charge in [-0.3, -0.25) is 4.79 Å². The Hall–Kier alpha value is -1.76. The summed E-state index contributed by atoms with van der Waals surface area (Å²) in [5.41, 5.74) is 6.62.